The molecular weight excluding hydrogens is 397 g/mol. The van der Waals surface area contributed by atoms with Crippen LogP contribution in [-0.2, 0) is 12.8 Å². The zero-order valence-corrected chi connectivity index (χ0v) is 18.4. The predicted octanol–water partition coefficient (Wildman–Crippen LogP) is 4.08. The van der Waals surface area contributed by atoms with Crippen molar-refractivity contribution in [3.05, 3.63) is 52.2 Å². The van der Waals surface area contributed by atoms with Gasteiger partial charge in [-0.2, -0.15) is 0 Å². The molecule has 2 aromatic rings. The summed E-state index contributed by atoms with van der Waals surface area (Å²) in [7, 11) is 0. The van der Waals surface area contributed by atoms with Crippen LogP contribution in [0.15, 0.2) is 22.7 Å². The molecule has 4 rings (SSSR count). The predicted molar refractivity (Wildman–Crippen MR) is 114 cm³/mol. The minimum atomic E-state index is -0.721. The SMILES string of the molecule is CC(C)(C)C1CCc2noc(C3CCN(C(=O)c4ccc(C(N)=O)cc4F)CC3)c2C1. The summed E-state index contributed by atoms with van der Waals surface area (Å²) < 4.78 is 20.2. The highest BCUT2D eigenvalue weighted by atomic mass is 19.1. The van der Waals surface area contributed by atoms with Crippen LogP contribution in [0.2, 0.25) is 0 Å². The van der Waals surface area contributed by atoms with Crippen LogP contribution in [0.3, 0.4) is 0 Å². The summed E-state index contributed by atoms with van der Waals surface area (Å²) in [6.07, 6.45) is 4.60. The van der Waals surface area contributed by atoms with E-state index in [-0.39, 0.29) is 28.4 Å². The van der Waals surface area contributed by atoms with Crippen LogP contribution < -0.4 is 5.73 Å². The first kappa shape index (κ1) is 21.5. The molecule has 166 valence electrons. The number of amides is 2. The van der Waals surface area contributed by atoms with Crippen LogP contribution >= 0.6 is 0 Å². The number of nitrogens with zero attached hydrogens (tertiary/aromatic N) is 2. The second kappa shape index (κ2) is 8.09. The van der Waals surface area contributed by atoms with Crippen molar-refractivity contribution < 1.29 is 18.5 Å². The Balaban J connectivity index is 1.44. The number of likely N-dealkylation sites (tertiary alicyclic amines) is 1. The highest BCUT2D eigenvalue weighted by molar-refractivity contribution is 5.97. The van der Waals surface area contributed by atoms with E-state index < -0.39 is 11.7 Å². The highest BCUT2D eigenvalue weighted by Gasteiger charge is 2.36. The third kappa shape index (κ3) is 4.23. The van der Waals surface area contributed by atoms with Gasteiger partial charge in [0, 0.05) is 30.1 Å². The molecule has 0 bridgehead atoms. The van der Waals surface area contributed by atoms with Gasteiger partial charge in [0.05, 0.1) is 11.3 Å². The van der Waals surface area contributed by atoms with Crippen molar-refractivity contribution in [3.63, 3.8) is 0 Å². The summed E-state index contributed by atoms with van der Waals surface area (Å²) in [5.74, 6) is 0.00317. The van der Waals surface area contributed by atoms with Crippen molar-refractivity contribution in [3.8, 4) is 0 Å². The lowest BCUT2D eigenvalue weighted by atomic mass is 9.71. The minimum absolute atomic E-state index is 0.0338. The summed E-state index contributed by atoms with van der Waals surface area (Å²) in [5.41, 5.74) is 7.80. The first-order valence-corrected chi connectivity index (χ1v) is 11.0. The number of hydrogen-bond acceptors (Lipinski definition) is 4. The van der Waals surface area contributed by atoms with Crippen LogP contribution in [0, 0.1) is 17.2 Å². The standard InChI is InChI=1S/C24H30FN3O3/c1-24(2,3)16-5-7-20-18(13-16)21(31-27-20)14-8-10-28(11-9-14)23(30)17-6-4-15(22(26)29)12-19(17)25/h4,6,12,14,16H,5,7-11,13H2,1-3H3,(H2,26,29). The van der Waals surface area contributed by atoms with Gasteiger partial charge in [0.25, 0.3) is 5.91 Å². The number of carbonyl (C=O) groups is 2. The van der Waals surface area contributed by atoms with Gasteiger partial charge in [0.15, 0.2) is 0 Å². The number of fused-ring (bicyclic) bond motifs is 1. The number of halogens is 1. The van der Waals surface area contributed by atoms with E-state index in [1.54, 1.807) is 4.90 Å². The van der Waals surface area contributed by atoms with E-state index in [2.05, 4.69) is 25.9 Å². The number of nitrogens with two attached hydrogens (primary N) is 1. The molecule has 2 N–H and O–H groups in total. The molecule has 1 saturated heterocycles. The van der Waals surface area contributed by atoms with Crippen LogP contribution in [0.5, 0.6) is 0 Å². The Morgan fingerprint density at radius 3 is 2.52 bits per heavy atom. The Hall–Kier alpha value is -2.70. The molecule has 1 atom stereocenters. The lowest BCUT2D eigenvalue weighted by molar-refractivity contribution is 0.0700. The highest BCUT2D eigenvalue weighted by Crippen LogP contribution is 2.41. The summed E-state index contributed by atoms with van der Waals surface area (Å²) in [5, 5.41) is 4.34. The van der Waals surface area contributed by atoms with Gasteiger partial charge in [0.2, 0.25) is 5.91 Å². The molecule has 1 aromatic carbocycles. The normalized spacial score (nSPS) is 19.9. The molecule has 2 aliphatic rings. The topological polar surface area (TPSA) is 89.4 Å². The summed E-state index contributed by atoms with van der Waals surface area (Å²) in [4.78, 5) is 25.7. The van der Waals surface area contributed by atoms with E-state index in [9.17, 15) is 14.0 Å². The van der Waals surface area contributed by atoms with Gasteiger partial charge in [-0.25, -0.2) is 4.39 Å². The Morgan fingerprint density at radius 1 is 1.19 bits per heavy atom. The number of benzene rings is 1. The van der Waals surface area contributed by atoms with E-state index in [1.807, 2.05) is 0 Å². The summed E-state index contributed by atoms with van der Waals surface area (Å²) in [6.45, 7) is 7.91. The van der Waals surface area contributed by atoms with Crippen molar-refractivity contribution in [1.29, 1.82) is 0 Å². The Kier molecular flexibility index (Phi) is 5.62. The third-order valence-electron chi connectivity index (χ3n) is 6.94. The molecule has 1 aromatic heterocycles. The van der Waals surface area contributed by atoms with Gasteiger partial charge in [-0.15, -0.1) is 0 Å². The summed E-state index contributed by atoms with van der Waals surface area (Å²) >= 11 is 0. The van der Waals surface area contributed by atoms with Crippen molar-refractivity contribution in [2.75, 3.05) is 13.1 Å². The fourth-order valence-corrected chi connectivity index (χ4v) is 4.85. The Bertz CT molecular complexity index is 1000. The van der Waals surface area contributed by atoms with Gasteiger partial charge < -0.3 is 15.2 Å². The zero-order chi connectivity index (χ0) is 22.3. The monoisotopic (exact) mass is 427 g/mol. The second-order valence-electron chi connectivity index (χ2n) is 9.90. The largest absolute Gasteiger partial charge is 0.366 e. The molecule has 7 heteroatoms. The van der Waals surface area contributed by atoms with Crippen molar-refractivity contribution >= 4 is 11.8 Å². The molecule has 2 amide bonds. The molecule has 0 radical (unpaired) electrons. The van der Waals surface area contributed by atoms with Crippen molar-refractivity contribution in [2.45, 2.75) is 58.8 Å². The molecule has 2 heterocycles. The maximum absolute atomic E-state index is 14.4. The van der Waals surface area contributed by atoms with Crippen LogP contribution in [0.4, 0.5) is 4.39 Å². The van der Waals surface area contributed by atoms with Gasteiger partial charge in [-0.1, -0.05) is 25.9 Å². The van der Waals surface area contributed by atoms with Gasteiger partial charge in [-0.05, 0) is 61.6 Å². The number of aryl methyl sites for hydroxylation is 1. The maximum atomic E-state index is 14.4. The lowest BCUT2D eigenvalue weighted by Gasteiger charge is -2.35. The lowest BCUT2D eigenvalue weighted by Crippen LogP contribution is -2.38. The van der Waals surface area contributed by atoms with Crippen molar-refractivity contribution in [2.24, 2.45) is 17.1 Å². The number of piperidine rings is 1. The smallest absolute Gasteiger partial charge is 0.256 e. The maximum Gasteiger partial charge on any atom is 0.256 e. The molecule has 0 saturated carbocycles. The number of rotatable bonds is 3. The third-order valence-corrected chi connectivity index (χ3v) is 6.94. The van der Waals surface area contributed by atoms with Crippen LogP contribution in [0.1, 0.15) is 83.7 Å². The van der Waals surface area contributed by atoms with Crippen LogP contribution in [0.25, 0.3) is 0 Å². The number of aromatic nitrogens is 1. The average molecular weight is 428 g/mol. The molecule has 1 aliphatic heterocycles. The summed E-state index contributed by atoms with van der Waals surface area (Å²) in [6, 6.07) is 3.75. The van der Waals surface area contributed by atoms with Gasteiger partial charge in [0.1, 0.15) is 11.6 Å². The fourth-order valence-electron chi connectivity index (χ4n) is 4.85. The molecule has 6 nitrogen and oxygen atoms in total. The molecule has 1 fully saturated rings. The van der Waals surface area contributed by atoms with E-state index >= 15 is 0 Å². The zero-order valence-electron chi connectivity index (χ0n) is 18.4. The first-order valence-electron chi connectivity index (χ1n) is 11.0. The van der Waals surface area contributed by atoms with E-state index in [4.69, 9.17) is 10.3 Å². The molecule has 1 unspecified atom stereocenters. The number of primary amides is 1. The van der Waals surface area contributed by atoms with E-state index in [0.717, 1.165) is 49.6 Å². The molecule has 1 aliphatic carbocycles. The average Bonchev–Trinajstić information content (AvgIpc) is 3.16. The first-order chi connectivity index (χ1) is 14.6. The van der Waals surface area contributed by atoms with E-state index in [1.165, 1.54) is 17.7 Å². The van der Waals surface area contributed by atoms with Crippen molar-refractivity contribution in [1.82, 2.24) is 10.1 Å². The van der Waals surface area contributed by atoms with Crippen LogP contribution in [-0.4, -0.2) is 35.0 Å². The molecular formula is C24H30FN3O3. The minimum Gasteiger partial charge on any atom is -0.366 e. The Labute approximate surface area is 182 Å². The van der Waals surface area contributed by atoms with E-state index in [0.29, 0.717) is 19.0 Å². The number of carbonyl (C=O) groups excluding carboxylic acids is 2. The second-order valence-corrected chi connectivity index (χ2v) is 9.90. The fraction of sp³-hybridized carbons (Fsp3) is 0.542. The van der Waals surface area contributed by atoms with Gasteiger partial charge >= 0.3 is 0 Å². The molecule has 0 spiro atoms. The molecule has 31 heavy (non-hydrogen) atoms. The quantitative estimate of drug-likeness (QED) is 0.799. The number of hydrogen-bond donors (Lipinski definition) is 1. The Morgan fingerprint density at radius 2 is 1.90 bits per heavy atom. The van der Waals surface area contributed by atoms with Gasteiger partial charge in [-0.3, -0.25) is 9.59 Å².